The van der Waals surface area contributed by atoms with Crippen molar-refractivity contribution >= 4 is 22.5 Å². The molecule has 1 aliphatic heterocycles. The van der Waals surface area contributed by atoms with Gasteiger partial charge in [-0.3, -0.25) is 14.2 Å². The van der Waals surface area contributed by atoms with Crippen molar-refractivity contribution in [3.05, 3.63) is 69.8 Å². The third-order valence-corrected chi connectivity index (χ3v) is 5.19. The predicted molar refractivity (Wildman–Crippen MR) is 103 cm³/mol. The van der Waals surface area contributed by atoms with Gasteiger partial charge >= 0.3 is 0 Å². The first-order valence-electron chi connectivity index (χ1n) is 8.87. The molecule has 5 heteroatoms. The van der Waals surface area contributed by atoms with E-state index in [1.807, 2.05) is 44.2 Å². The molecular formula is C21H21N3O2. The first-order valence-corrected chi connectivity index (χ1v) is 8.87. The van der Waals surface area contributed by atoms with E-state index in [2.05, 4.69) is 6.07 Å². The Morgan fingerprint density at radius 3 is 2.65 bits per heavy atom. The highest BCUT2D eigenvalue weighted by molar-refractivity contribution is 6.04. The number of carbonyl (C=O) groups excluding carboxylic acids is 1. The van der Waals surface area contributed by atoms with Gasteiger partial charge in [0.05, 0.1) is 16.8 Å². The average Bonchev–Trinajstić information content (AvgIpc) is 2.86. The van der Waals surface area contributed by atoms with Crippen molar-refractivity contribution in [1.82, 2.24) is 9.55 Å². The zero-order chi connectivity index (χ0) is 18.4. The maximum absolute atomic E-state index is 12.8. The van der Waals surface area contributed by atoms with Crippen LogP contribution in [0.5, 0.6) is 0 Å². The van der Waals surface area contributed by atoms with Crippen molar-refractivity contribution in [3.63, 3.8) is 0 Å². The molecule has 1 atom stereocenters. The highest BCUT2D eigenvalue weighted by atomic mass is 16.2. The highest BCUT2D eigenvalue weighted by Crippen LogP contribution is 2.38. The molecule has 3 aromatic rings. The minimum absolute atomic E-state index is 0.0450. The number of aryl methyl sites for hydroxylation is 1. The first-order chi connectivity index (χ1) is 12.5. The molecule has 0 saturated heterocycles. The van der Waals surface area contributed by atoms with Gasteiger partial charge < -0.3 is 4.90 Å². The summed E-state index contributed by atoms with van der Waals surface area (Å²) in [6.07, 6.45) is 0.424. The summed E-state index contributed by atoms with van der Waals surface area (Å²) in [4.78, 5) is 32.1. The molecule has 26 heavy (non-hydrogen) atoms. The molecule has 0 aliphatic carbocycles. The van der Waals surface area contributed by atoms with Gasteiger partial charge in [-0.15, -0.1) is 0 Å². The number of amides is 1. The molecule has 0 spiro atoms. The predicted octanol–water partition coefficient (Wildman–Crippen LogP) is 3.03. The van der Waals surface area contributed by atoms with Crippen LogP contribution in [-0.4, -0.2) is 22.5 Å². The number of para-hydroxylation sites is 1. The Bertz CT molecular complexity index is 1080. The number of nitrogens with zero attached hydrogens (tertiary/aromatic N) is 3. The summed E-state index contributed by atoms with van der Waals surface area (Å²) >= 11 is 0. The van der Waals surface area contributed by atoms with Crippen LogP contribution in [-0.2, 0) is 17.8 Å². The van der Waals surface area contributed by atoms with Gasteiger partial charge in [0.1, 0.15) is 5.82 Å². The van der Waals surface area contributed by atoms with Crippen molar-refractivity contribution in [2.24, 2.45) is 0 Å². The first kappa shape index (κ1) is 16.5. The van der Waals surface area contributed by atoms with Crippen molar-refractivity contribution in [1.29, 1.82) is 0 Å². The topological polar surface area (TPSA) is 55.2 Å². The van der Waals surface area contributed by atoms with Gasteiger partial charge in [-0.2, -0.15) is 0 Å². The second-order valence-electron chi connectivity index (χ2n) is 6.81. The number of anilines is 1. The number of likely N-dealkylation sites (N-methyl/N-ethyl adjacent to an activating group) is 1. The van der Waals surface area contributed by atoms with Crippen LogP contribution in [0.2, 0.25) is 0 Å². The summed E-state index contributed by atoms with van der Waals surface area (Å²) in [7, 11) is 1.80. The summed E-state index contributed by atoms with van der Waals surface area (Å²) in [5.74, 6) is 0.411. The molecule has 2 heterocycles. The van der Waals surface area contributed by atoms with Crippen LogP contribution in [0.3, 0.4) is 0 Å². The molecule has 0 saturated carbocycles. The Balaban J connectivity index is 1.85. The number of fused-ring (bicyclic) bond motifs is 2. The molecule has 0 unspecified atom stereocenters. The van der Waals surface area contributed by atoms with Crippen molar-refractivity contribution in [2.75, 3.05) is 11.9 Å². The Kier molecular flexibility index (Phi) is 3.87. The minimum Gasteiger partial charge on any atom is -0.315 e. The summed E-state index contributed by atoms with van der Waals surface area (Å²) in [5.41, 5.74) is 3.72. The Morgan fingerprint density at radius 1 is 1.12 bits per heavy atom. The van der Waals surface area contributed by atoms with Crippen molar-refractivity contribution in [2.45, 2.75) is 32.7 Å². The van der Waals surface area contributed by atoms with E-state index in [0.29, 0.717) is 29.7 Å². The largest absolute Gasteiger partial charge is 0.315 e. The van der Waals surface area contributed by atoms with Gasteiger partial charge in [-0.05, 0) is 37.6 Å². The lowest BCUT2D eigenvalue weighted by atomic mass is 9.95. The number of hydrogen-bond acceptors (Lipinski definition) is 3. The van der Waals surface area contributed by atoms with E-state index in [9.17, 15) is 9.59 Å². The molecule has 0 radical (unpaired) electrons. The Morgan fingerprint density at radius 2 is 1.88 bits per heavy atom. The lowest BCUT2D eigenvalue weighted by Gasteiger charge is -2.15. The maximum atomic E-state index is 12.8. The van der Waals surface area contributed by atoms with Gasteiger partial charge in [-0.25, -0.2) is 4.98 Å². The van der Waals surface area contributed by atoms with Gasteiger partial charge in [0.2, 0.25) is 5.91 Å². The van der Waals surface area contributed by atoms with E-state index in [-0.39, 0.29) is 17.4 Å². The average molecular weight is 347 g/mol. The molecule has 0 bridgehead atoms. The third-order valence-electron chi connectivity index (χ3n) is 5.19. The lowest BCUT2D eigenvalue weighted by molar-refractivity contribution is -0.119. The number of benzene rings is 2. The molecule has 5 nitrogen and oxygen atoms in total. The number of carbonyl (C=O) groups is 1. The molecule has 0 fully saturated rings. The summed E-state index contributed by atoms with van der Waals surface area (Å²) in [6, 6.07) is 13.4. The monoisotopic (exact) mass is 347 g/mol. The molecule has 132 valence electrons. The van der Waals surface area contributed by atoms with E-state index in [1.54, 1.807) is 22.6 Å². The minimum atomic E-state index is -0.305. The zero-order valence-corrected chi connectivity index (χ0v) is 15.2. The molecule has 2 aromatic carbocycles. The summed E-state index contributed by atoms with van der Waals surface area (Å²) < 4.78 is 1.68. The van der Waals surface area contributed by atoms with Crippen LogP contribution in [0.4, 0.5) is 5.69 Å². The lowest BCUT2D eigenvalue weighted by Crippen LogP contribution is -2.29. The number of hydrogen-bond donors (Lipinski definition) is 0. The van der Waals surface area contributed by atoms with E-state index in [4.69, 9.17) is 4.98 Å². The molecular weight excluding hydrogens is 326 g/mol. The molecule has 0 N–H and O–H groups in total. The number of rotatable bonds is 3. The van der Waals surface area contributed by atoms with Crippen LogP contribution in [0.15, 0.2) is 47.3 Å². The standard InChI is InChI=1S/C21H21N3O2/c1-4-24-19(22-17-8-6-5-7-14(17)21(24)26)12-16-15-11-13(2)9-10-18(15)23(3)20(16)25/h5-11,16H,4,12H2,1-3H3/t16-/m1/s1. The molecule has 4 rings (SSSR count). The normalized spacial score (nSPS) is 16.3. The number of aromatic nitrogens is 2. The molecule has 1 aliphatic rings. The summed E-state index contributed by atoms with van der Waals surface area (Å²) in [6.45, 7) is 4.49. The Labute approximate surface area is 151 Å². The molecule has 1 aromatic heterocycles. The zero-order valence-electron chi connectivity index (χ0n) is 15.2. The van der Waals surface area contributed by atoms with Crippen LogP contribution in [0.25, 0.3) is 10.9 Å². The second-order valence-corrected chi connectivity index (χ2v) is 6.81. The van der Waals surface area contributed by atoms with E-state index in [1.165, 1.54) is 0 Å². The van der Waals surface area contributed by atoms with Crippen LogP contribution < -0.4 is 10.5 Å². The van der Waals surface area contributed by atoms with Gasteiger partial charge in [-0.1, -0.05) is 29.8 Å². The Hall–Kier alpha value is -2.95. The van der Waals surface area contributed by atoms with E-state index >= 15 is 0 Å². The third kappa shape index (κ3) is 2.43. The van der Waals surface area contributed by atoms with Gasteiger partial charge in [0.15, 0.2) is 0 Å². The smallest absolute Gasteiger partial charge is 0.261 e. The van der Waals surface area contributed by atoms with E-state index < -0.39 is 0 Å². The molecule has 1 amide bonds. The fourth-order valence-corrected chi connectivity index (χ4v) is 3.82. The highest BCUT2D eigenvalue weighted by Gasteiger charge is 2.36. The van der Waals surface area contributed by atoms with Crippen molar-refractivity contribution in [3.8, 4) is 0 Å². The van der Waals surface area contributed by atoms with Gasteiger partial charge in [0, 0.05) is 25.7 Å². The van der Waals surface area contributed by atoms with Crippen LogP contribution >= 0.6 is 0 Å². The van der Waals surface area contributed by atoms with Crippen LogP contribution in [0, 0.1) is 6.92 Å². The SMILES string of the molecule is CCn1c(C[C@H]2C(=O)N(C)c3ccc(C)cc32)nc2ccccc2c1=O. The maximum Gasteiger partial charge on any atom is 0.261 e. The summed E-state index contributed by atoms with van der Waals surface area (Å²) in [5, 5.41) is 0.615. The quantitative estimate of drug-likeness (QED) is 0.732. The van der Waals surface area contributed by atoms with Gasteiger partial charge in [0.25, 0.3) is 5.56 Å². The fourth-order valence-electron chi connectivity index (χ4n) is 3.82. The van der Waals surface area contributed by atoms with Crippen LogP contribution in [0.1, 0.15) is 29.8 Å². The fraction of sp³-hybridized carbons (Fsp3) is 0.286. The van der Waals surface area contributed by atoms with Crippen molar-refractivity contribution < 1.29 is 4.79 Å². The second kappa shape index (κ2) is 6.09. The van der Waals surface area contributed by atoms with E-state index in [0.717, 1.165) is 16.8 Å².